The summed E-state index contributed by atoms with van der Waals surface area (Å²) in [7, 11) is 0. The van der Waals surface area contributed by atoms with Crippen LogP contribution in [-0.4, -0.2) is 46.5 Å². The van der Waals surface area contributed by atoms with Gasteiger partial charge in [0.2, 0.25) is 5.95 Å². The molecule has 3 aliphatic rings. The number of likely N-dealkylation sites (tertiary alicyclic amines) is 1. The van der Waals surface area contributed by atoms with Gasteiger partial charge in [-0.1, -0.05) is 24.4 Å². The van der Waals surface area contributed by atoms with Crippen molar-refractivity contribution in [2.75, 3.05) is 24.5 Å². The summed E-state index contributed by atoms with van der Waals surface area (Å²) in [6, 6.07) is 0.376. The van der Waals surface area contributed by atoms with Gasteiger partial charge in [0.25, 0.3) is 5.91 Å². The predicted molar refractivity (Wildman–Crippen MR) is 94.5 cm³/mol. The predicted octanol–water partition coefficient (Wildman–Crippen LogP) is 3.53. The van der Waals surface area contributed by atoms with Crippen LogP contribution < -0.4 is 4.90 Å². The van der Waals surface area contributed by atoms with Gasteiger partial charge in [-0.15, -0.1) is 0 Å². The Balaban J connectivity index is 1.57. The van der Waals surface area contributed by atoms with Crippen molar-refractivity contribution in [2.24, 2.45) is 5.92 Å². The topological polar surface area (TPSA) is 49.3 Å². The molecule has 1 saturated carbocycles. The van der Waals surface area contributed by atoms with E-state index < -0.39 is 0 Å². The molecule has 0 aromatic carbocycles. The number of carbonyl (C=O) groups excluding carboxylic acids is 1. The second kappa shape index (κ2) is 6.87. The molecule has 1 aliphatic carbocycles. The third-order valence-corrected chi connectivity index (χ3v) is 6.10. The molecule has 0 radical (unpaired) electrons. The van der Waals surface area contributed by atoms with Crippen LogP contribution in [0.25, 0.3) is 0 Å². The molecule has 0 bridgehead atoms. The van der Waals surface area contributed by atoms with E-state index >= 15 is 0 Å². The fourth-order valence-electron chi connectivity index (χ4n) is 4.59. The number of halogens is 1. The number of amides is 1. The first-order chi connectivity index (χ1) is 11.7. The molecule has 0 spiro atoms. The number of hydrogen-bond acceptors (Lipinski definition) is 4. The molecule has 1 atom stereocenters. The molecule has 6 heteroatoms. The van der Waals surface area contributed by atoms with Gasteiger partial charge in [0.1, 0.15) is 0 Å². The van der Waals surface area contributed by atoms with Gasteiger partial charge in [-0.05, 0) is 44.4 Å². The van der Waals surface area contributed by atoms with Crippen LogP contribution in [-0.2, 0) is 0 Å². The first-order valence-electron chi connectivity index (χ1n) is 9.32. The highest BCUT2D eigenvalue weighted by atomic mass is 35.5. The van der Waals surface area contributed by atoms with Gasteiger partial charge in [0.15, 0.2) is 5.69 Å². The molecule has 2 saturated heterocycles. The zero-order chi connectivity index (χ0) is 16.5. The SMILES string of the molecule is O=C(c1nc(N2CCCC2)ncc1Cl)N1CCC[C@H]1C1CCCC1. The number of carbonyl (C=O) groups is 1. The van der Waals surface area contributed by atoms with Crippen molar-refractivity contribution in [3.8, 4) is 0 Å². The molecular weight excluding hydrogens is 324 g/mol. The van der Waals surface area contributed by atoms with E-state index in [4.69, 9.17) is 11.6 Å². The first-order valence-corrected chi connectivity index (χ1v) is 9.70. The lowest BCUT2D eigenvalue weighted by Gasteiger charge is -2.29. The van der Waals surface area contributed by atoms with E-state index in [0.29, 0.717) is 28.6 Å². The van der Waals surface area contributed by atoms with Crippen molar-refractivity contribution in [1.82, 2.24) is 14.9 Å². The van der Waals surface area contributed by atoms with Crippen LogP contribution in [0.5, 0.6) is 0 Å². The summed E-state index contributed by atoms with van der Waals surface area (Å²) in [4.78, 5) is 26.2. The molecule has 130 valence electrons. The van der Waals surface area contributed by atoms with Crippen molar-refractivity contribution in [1.29, 1.82) is 0 Å². The van der Waals surface area contributed by atoms with E-state index in [1.807, 2.05) is 4.90 Å². The van der Waals surface area contributed by atoms with Crippen LogP contribution in [0.4, 0.5) is 5.95 Å². The van der Waals surface area contributed by atoms with Gasteiger partial charge < -0.3 is 9.80 Å². The molecule has 1 aromatic rings. The van der Waals surface area contributed by atoms with Gasteiger partial charge in [0.05, 0.1) is 11.2 Å². The first kappa shape index (κ1) is 16.1. The van der Waals surface area contributed by atoms with Crippen molar-refractivity contribution >= 4 is 23.5 Å². The molecule has 4 rings (SSSR count). The molecule has 5 nitrogen and oxygen atoms in total. The molecule has 24 heavy (non-hydrogen) atoms. The Morgan fingerprint density at radius 3 is 2.54 bits per heavy atom. The van der Waals surface area contributed by atoms with E-state index in [1.54, 1.807) is 6.20 Å². The Morgan fingerprint density at radius 2 is 1.79 bits per heavy atom. The lowest BCUT2D eigenvalue weighted by molar-refractivity contribution is 0.0683. The third kappa shape index (κ3) is 2.99. The van der Waals surface area contributed by atoms with Gasteiger partial charge in [0, 0.05) is 25.7 Å². The Kier molecular flexibility index (Phi) is 4.61. The van der Waals surface area contributed by atoms with Crippen molar-refractivity contribution in [2.45, 2.75) is 57.4 Å². The summed E-state index contributed by atoms with van der Waals surface area (Å²) in [5.74, 6) is 1.31. The van der Waals surface area contributed by atoms with E-state index in [1.165, 1.54) is 25.7 Å². The van der Waals surface area contributed by atoms with Crippen LogP contribution in [0.2, 0.25) is 5.02 Å². The van der Waals surface area contributed by atoms with Crippen LogP contribution in [0.1, 0.15) is 61.9 Å². The zero-order valence-electron chi connectivity index (χ0n) is 14.1. The number of hydrogen-bond donors (Lipinski definition) is 0. The number of nitrogens with zero attached hydrogens (tertiary/aromatic N) is 4. The summed E-state index contributed by atoms with van der Waals surface area (Å²) in [6.45, 7) is 2.76. The normalized spacial score (nSPS) is 25.0. The Morgan fingerprint density at radius 1 is 1.04 bits per heavy atom. The summed E-state index contributed by atoms with van der Waals surface area (Å²) in [6.07, 6.45) is 11.2. The second-order valence-electron chi connectivity index (χ2n) is 7.31. The average Bonchev–Trinajstić information content (AvgIpc) is 3.34. The summed E-state index contributed by atoms with van der Waals surface area (Å²) in [5, 5.41) is 0.375. The Labute approximate surface area is 148 Å². The molecule has 1 amide bonds. The molecule has 0 unspecified atom stereocenters. The maximum absolute atomic E-state index is 13.1. The van der Waals surface area contributed by atoms with Gasteiger partial charge in [-0.25, -0.2) is 9.97 Å². The summed E-state index contributed by atoms with van der Waals surface area (Å²) in [5.41, 5.74) is 0.387. The number of anilines is 1. The van der Waals surface area contributed by atoms with Gasteiger partial charge in [-0.2, -0.15) is 0 Å². The highest BCUT2D eigenvalue weighted by Crippen LogP contribution is 2.36. The molecule has 3 fully saturated rings. The summed E-state index contributed by atoms with van der Waals surface area (Å²) < 4.78 is 0. The standard InChI is InChI=1S/C18H25ClN4O/c19-14-12-20-18(22-9-3-4-10-22)21-16(14)17(24)23-11-5-8-15(23)13-6-1-2-7-13/h12-13,15H,1-11H2/t15-/m0/s1. The molecule has 3 heterocycles. The quantitative estimate of drug-likeness (QED) is 0.838. The van der Waals surface area contributed by atoms with E-state index in [2.05, 4.69) is 14.9 Å². The van der Waals surface area contributed by atoms with Crippen LogP contribution >= 0.6 is 11.6 Å². The lowest BCUT2D eigenvalue weighted by atomic mass is 9.96. The third-order valence-electron chi connectivity index (χ3n) is 5.83. The molecular formula is C18H25ClN4O. The van der Waals surface area contributed by atoms with E-state index in [-0.39, 0.29) is 5.91 Å². The fraction of sp³-hybridized carbons (Fsp3) is 0.722. The van der Waals surface area contributed by atoms with Crippen LogP contribution in [0.15, 0.2) is 6.20 Å². The van der Waals surface area contributed by atoms with Crippen molar-refractivity contribution in [3.05, 3.63) is 16.9 Å². The maximum Gasteiger partial charge on any atom is 0.274 e. The van der Waals surface area contributed by atoms with Crippen LogP contribution in [0.3, 0.4) is 0 Å². The largest absolute Gasteiger partial charge is 0.341 e. The minimum atomic E-state index is -0.00255. The fourth-order valence-corrected chi connectivity index (χ4v) is 4.76. The van der Waals surface area contributed by atoms with E-state index in [9.17, 15) is 4.79 Å². The smallest absolute Gasteiger partial charge is 0.274 e. The van der Waals surface area contributed by atoms with Crippen LogP contribution in [0, 0.1) is 5.92 Å². The van der Waals surface area contributed by atoms with Gasteiger partial charge >= 0.3 is 0 Å². The zero-order valence-corrected chi connectivity index (χ0v) is 14.8. The highest BCUT2D eigenvalue weighted by Gasteiger charge is 2.37. The maximum atomic E-state index is 13.1. The summed E-state index contributed by atoms with van der Waals surface area (Å²) >= 11 is 6.29. The molecule has 0 N–H and O–H groups in total. The van der Waals surface area contributed by atoms with Crippen molar-refractivity contribution in [3.63, 3.8) is 0 Å². The molecule has 2 aliphatic heterocycles. The molecule has 1 aromatic heterocycles. The monoisotopic (exact) mass is 348 g/mol. The minimum Gasteiger partial charge on any atom is -0.341 e. The highest BCUT2D eigenvalue weighted by molar-refractivity contribution is 6.33. The average molecular weight is 349 g/mol. The van der Waals surface area contributed by atoms with E-state index in [0.717, 1.165) is 45.3 Å². The number of aromatic nitrogens is 2. The second-order valence-corrected chi connectivity index (χ2v) is 7.72. The lowest BCUT2D eigenvalue weighted by Crippen LogP contribution is -2.40. The Bertz CT molecular complexity index is 611. The van der Waals surface area contributed by atoms with Gasteiger partial charge in [-0.3, -0.25) is 4.79 Å². The van der Waals surface area contributed by atoms with Crippen molar-refractivity contribution < 1.29 is 4.79 Å². The minimum absolute atomic E-state index is 0.00255. The Hall–Kier alpha value is -1.36. The number of rotatable bonds is 3.